The first-order valence-corrected chi connectivity index (χ1v) is 14.4. The van der Waals surface area contributed by atoms with Crippen molar-refractivity contribution in [2.75, 3.05) is 26.8 Å². The summed E-state index contributed by atoms with van der Waals surface area (Å²) in [4.78, 5) is 28.8. The number of hydrogen-bond acceptors (Lipinski definition) is 7. The fourth-order valence-corrected chi connectivity index (χ4v) is 6.23. The Morgan fingerprint density at radius 1 is 1.21 bits per heavy atom. The summed E-state index contributed by atoms with van der Waals surface area (Å²) in [5.74, 6) is 0.729. The second-order valence-electron chi connectivity index (χ2n) is 11.5. The number of aliphatic hydroxyl groups excluding tert-OH is 3. The molecule has 3 aliphatic rings. The maximum Gasteiger partial charge on any atom is 0.247 e. The van der Waals surface area contributed by atoms with Crippen molar-refractivity contribution in [2.24, 2.45) is 11.8 Å². The summed E-state index contributed by atoms with van der Waals surface area (Å²) >= 11 is 0. The Hall–Kier alpha value is -2.62. The largest absolute Gasteiger partial charge is 0.493 e. The maximum absolute atomic E-state index is 13.7. The van der Waals surface area contributed by atoms with Gasteiger partial charge in [0.05, 0.1) is 32.3 Å². The first-order valence-electron chi connectivity index (χ1n) is 14.4. The van der Waals surface area contributed by atoms with Gasteiger partial charge in [0.2, 0.25) is 11.8 Å². The van der Waals surface area contributed by atoms with Crippen molar-refractivity contribution >= 4 is 11.8 Å². The molecule has 0 aromatic heterocycles. The predicted octanol–water partition coefficient (Wildman–Crippen LogP) is 2.66. The molecular weight excluding hydrogens is 500 g/mol. The van der Waals surface area contributed by atoms with Crippen LogP contribution in [0.2, 0.25) is 0 Å². The van der Waals surface area contributed by atoms with Crippen molar-refractivity contribution in [3.63, 3.8) is 0 Å². The molecule has 1 aromatic rings. The van der Waals surface area contributed by atoms with E-state index in [0.717, 1.165) is 25.7 Å². The van der Waals surface area contributed by atoms with Crippen LogP contribution < -0.4 is 14.8 Å². The van der Waals surface area contributed by atoms with Crippen molar-refractivity contribution in [1.82, 2.24) is 10.2 Å². The lowest BCUT2D eigenvalue weighted by atomic mass is 9.77. The average Bonchev–Trinajstić information content (AvgIpc) is 3.59. The van der Waals surface area contributed by atoms with E-state index in [1.165, 1.54) is 20.0 Å². The topological polar surface area (TPSA) is 129 Å². The molecule has 4 N–H and O–H groups in total. The van der Waals surface area contributed by atoms with Crippen LogP contribution in [0.1, 0.15) is 75.8 Å². The van der Waals surface area contributed by atoms with Gasteiger partial charge in [0, 0.05) is 30.6 Å². The van der Waals surface area contributed by atoms with E-state index in [2.05, 4.69) is 19.2 Å². The van der Waals surface area contributed by atoms with Crippen molar-refractivity contribution in [2.45, 2.75) is 89.6 Å². The number of ether oxygens (including phenoxy) is 2. The van der Waals surface area contributed by atoms with Gasteiger partial charge in [-0.2, -0.15) is 0 Å². The van der Waals surface area contributed by atoms with Crippen LogP contribution in [0.5, 0.6) is 11.5 Å². The summed E-state index contributed by atoms with van der Waals surface area (Å²) in [6, 6.07) is 2.71. The van der Waals surface area contributed by atoms with Gasteiger partial charge in [0.15, 0.2) is 11.5 Å². The molecule has 2 aliphatic carbocycles. The molecule has 0 radical (unpaired) electrons. The third-order valence-electron chi connectivity index (χ3n) is 8.36. The number of amides is 2. The molecule has 0 bridgehead atoms. The molecule has 0 spiro atoms. The number of nitrogens with one attached hydrogen (secondary N) is 1. The first kappa shape index (κ1) is 29.4. The molecule has 1 saturated carbocycles. The maximum atomic E-state index is 13.7. The van der Waals surface area contributed by atoms with Crippen molar-refractivity contribution in [3.8, 4) is 11.5 Å². The zero-order chi connectivity index (χ0) is 28.1. The van der Waals surface area contributed by atoms with E-state index < -0.39 is 24.2 Å². The van der Waals surface area contributed by atoms with Crippen LogP contribution in [-0.4, -0.2) is 77.1 Å². The molecule has 1 aliphatic heterocycles. The van der Waals surface area contributed by atoms with Gasteiger partial charge >= 0.3 is 0 Å². The van der Waals surface area contributed by atoms with Crippen molar-refractivity contribution in [1.29, 1.82) is 0 Å². The van der Waals surface area contributed by atoms with Gasteiger partial charge in [0.25, 0.3) is 0 Å². The molecule has 39 heavy (non-hydrogen) atoms. The van der Waals surface area contributed by atoms with E-state index in [-0.39, 0.29) is 31.6 Å². The van der Waals surface area contributed by atoms with E-state index in [4.69, 9.17) is 9.47 Å². The second-order valence-corrected chi connectivity index (χ2v) is 11.5. The summed E-state index contributed by atoms with van der Waals surface area (Å²) in [5.41, 5.74) is 1.62. The number of aliphatic hydroxyl groups is 3. The molecule has 0 saturated heterocycles. The molecular formula is C30H44N2O7. The molecule has 1 fully saturated rings. The normalized spacial score (nSPS) is 24.1. The van der Waals surface area contributed by atoms with Gasteiger partial charge < -0.3 is 35.0 Å². The Morgan fingerprint density at radius 3 is 2.59 bits per heavy atom. The molecule has 2 amide bonds. The van der Waals surface area contributed by atoms with E-state index in [9.17, 15) is 24.9 Å². The summed E-state index contributed by atoms with van der Waals surface area (Å²) in [7, 11) is 1.50. The molecule has 1 aromatic carbocycles. The Morgan fingerprint density at radius 2 is 1.95 bits per heavy atom. The highest BCUT2D eigenvalue weighted by Gasteiger charge is 2.51. The minimum Gasteiger partial charge on any atom is -0.493 e. The number of rotatable bonds is 12. The Kier molecular flexibility index (Phi) is 9.91. The Balaban J connectivity index is 1.71. The van der Waals surface area contributed by atoms with Gasteiger partial charge in [-0.05, 0) is 48.4 Å². The fourth-order valence-electron chi connectivity index (χ4n) is 6.23. The summed E-state index contributed by atoms with van der Waals surface area (Å²) in [6.07, 6.45) is 6.57. The molecule has 1 heterocycles. The van der Waals surface area contributed by atoms with Crippen LogP contribution in [0.15, 0.2) is 23.8 Å². The van der Waals surface area contributed by atoms with Crippen LogP contribution in [0.4, 0.5) is 0 Å². The minimum absolute atomic E-state index is 0.0212. The van der Waals surface area contributed by atoms with E-state index in [1.54, 1.807) is 23.1 Å². The lowest BCUT2D eigenvalue weighted by molar-refractivity contribution is -0.137. The van der Waals surface area contributed by atoms with Gasteiger partial charge in [-0.3, -0.25) is 9.59 Å². The molecule has 216 valence electrons. The number of carbonyl (C=O) groups is 2. The molecule has 4 atom stereocenters. The highest BCUT2D eigenvalue weighted by molar-refractivity contribution is 5.96. The fraction of sp³-hybridized carbons (Fsp3) is 0.667. The van der Waals surface area contributed by atoms with E-state index in [0.29, 0.717) is 53.0 Å². The third kappa shape index (κ3) is 6.42. The second kappa shape index (κ2) is 13.2. The number of nitrogens with zero attached hydrogens (tertiary/aromatic N) is 1. The number of fused-ring (bicyclic) bond motifs is 3. The third-order valence-corrected chi connectivity index (χ3v) is 8.36. The smallest absolute Gasteiger partial charge is 0.247 e. The molecule has 4 rings (SSSR count). The lowest BCUT2D eigenvalue weighted by Crippen LogP contribution is -2.56. The molecule has 0 unspecified atom stereocenters. The van der Waals surface area contributed by atoms with Crippen LogP contribution in [0, 0.1) is 11.8 Å². The summed E-state index contributed by atoms with van der Waals surface area (Å²) in [6.45, 7) is 4.30. The van der Waals surface area contributed by atoms with E-state index >= 15 is 0 Å². The zero-order valence-electron chi connectivity index (χ0n) is 23.4. The Labute approximate surface area is 231 Å². The highest BCUT2D eigenvalue weighted by atomic mass is 16.5. The predicted molar refractivity (Wildman–Crippen MR) is 146 cm³/mol. The van der Waals surface area contributed by atoms with Gasteiger partial charge in [-0.15, -0.1) is 0 Å². The van der Waals surface area contributed by atoms with Gasteiger partial charge in [-0.25, -0.2) is 0 Å². The van der Waals surface area contributed by atoms with E-state index in [1.807, 2.05) is 0 Å². The molecule has 9 nitrogen and oxygen atoms in total. The summed E-state index contributed by atoms with van der Waals surface area (Å²) < 4.78 is 11.8. The lowest BCUT2D eigenvalue weighted by Gasteiger charge is -2.41. The number of methoxy groups -OCH3 is 1. The average molecular weight is 545 g/mol. The number of hydrogen-bond donors (Lipinski definition) is 4. The number of benzene rings is 1. The van der Waals surface area contributed by atoms with Crippen LogP contribution >= 0.6 is 0 Å². The molecule has 9 heteroatoms. The van der Waals surface area contributed by atoms with Gasteiger partial charge in [-0.1, -0.05) is 39.5 Å². The zero-order valence-corrected chi connectivity index (χ0v) is 23.4. The number of carbonyl (C=O) groups excluding carboxylic acids is 2. The van der Waals surface area contributed by atoms with Crippen LogP contribution in [0.3, 0.4) is 0 Å². The van der Waals surface area contributed by atoms with Crippen molar-refractivity contribution in [3.05, 3.63) is 34.9 Å². The SMILES string of the molecule is COc1cc(CO)cc2c1O[C@@H]1[C@@H](O)[C@H](N(CCC(C)C)C(=O)CCC3CCCC3)C=C(C(=O)NCCO)[C@H]21. The van der Waals surface area contributed by atoms with Gasteiger partial charge in [0.1, 0.15) is 12.2 Å². The van der Waals surface area contributed by atoms with Crippen molar-refractivity contribution < 1.29 is 34.4 Å². The van der Waals surface area contributed by atoms with Crippen LogP contribution in [0.25, 0.3) is 0 Å². The first-order chi connectivity index (χ1) is 18.8. The highest BCUT2D eigenvalue weighted by Crippen LogP contribution is 2.51. The minimum atomic E-state index is -1.08. The summed E-state index contributed by atoms with van der Waals surface area (Å²) in [5, 5.41) is 33.6. The quantitative estimate of drug-likeness (QED) is 0.318. The Bertz CT molecular complexity index is 1050. The standard InChI is InChI=1S/C30H44N2O7/c1-18(2)10-12-32(25(35)9-8-19-6-4-5-7-19)23-16-22(30(37)31-11-13-33)26-21-14-20(17-34)15-24(38-3)28(21)39-29(26)27(23)36/h14-16,18-19,23,26-27,29,33-34,36H,4-13,17H2,1-3H3,(H,31,37)/t23-,26+,27+,29+/m1/s1. The monoisotopic (exact) mass is 544 g/mol. The van der Waals surface area contributed by atoms with Crippen LogP contribution in [-0.2, 0) is 16.2 Å².